The van der Waals surface area contributed by atoms with E-state index in [1.807, 2.05) is 12.1 Å². The zero-order chi connectivity index (χ0) is 19.8. The van der Waals surface area contributed by atoms with E-state index in [1.54, 1.807) is 0 Å². The molecule has 28 heavy (non-hydrogen) atoms. The molecule has 0 radical (unpaired) electrons. The molecule has 0 aliphatic carbocycles. The Morgan fingerprint density at radius 2 is 1.54 bits per heavy atom. The van der Waals surface area contributed by atoms with Crippen molar-refractivity contribution in [2.24, 2.45) is 5.92 Å². The highest BCUT2D eigenvalue weighted by atomic mass is 16.6. The van der Waals surface area contributed by atoms with Gasteiger partial charge in [-0.2, -0.15) is 0 Å². The van der Waals surface area contributed by atoms with E-state index in [9.17, 15) is 4.79 Å². The summed E-state index contributed by atoms with van der Waals surface area (Å²) < 4.78 is 11.4. The Morgan fingerprint density at radius 3 is 2.18 bits per heavy atom. The third-order valence-corrected chi connectivity index (χ3v) is 5.48. The number of carbonyl (C=O) groups is 1. The van der Waals surface area contributed by atoms with Gasteiger partial charge in [-0.25, -0.2) is 0 Å². The van der Waals surface area contributed by atoms with E-state index < -0.39 is 0 Å². The molecule has 0 aromatic heterocycles. The number of benzene rings is 2. The second kappa shape index (κ2) is 10.3. The normalized spacial score (nSPS) is 18.9. The highest BCUT2D eigenvalue weighted by molar-refractivity contribution is 5.75. The standard InChI is InChI=1S/C25H32O3/c1-3-5-7-8-22-18-24(28-25(22)26)21-11-9-19(10-12-21)20-13-15-23(16-14-20)27-17-6-4-2/h9-16,22,24H,3-8,17-18H2,1-2H3. The van der Waals surface area contributed by atoms with Crippen molar-refractivity contribution < 1.29 is 14.3 Å². The molecule has 1 aliphatic rings. The van der Waals surface area contributed by atoms with Crippen LogP contribution in [0.5, 0.6) is 5.75 Å². The first-order chi connectivity index (χ1) is 13.7. The molecule has 0 spiro atoms. The van der Waals surface area contributed by atoms with Gasteiger partial charge in [0.1, 0.15) is 11.9 Å². The number of hydrogen-bond donors (Lipinski definition) is 0. The molecule has 2 aromatic carbocycles. The van der Waals surface area contributed by atoms with E-state index in [0.717, 1.165) is 61.2 Å². The molecule has 1 saturated heterocycles. The smallest absolute Gasteiger partial charge is 0.309 e. The number of cyclic esters (lactones) is 1. The van der Waals surface area contributed by atoms with Crippen molar-refractivity contribution in [3.8, 4) is 16.9 Å². The molecular formula is C25H32O3. The van der Waals surface area contributed by atoms with Crippen molar-refractivity contribution in [2.75, 3.05) is 6.61 Å². The van der Waals surface area contributed by atoms with E-state index in [0.29, 0.717) is 0 Å². The Labute approximate surface area is 169 Å². The van der Waals surface area contributed by atoms with Crippen LogP contribution in [0.3, 0.4) is 0 Å². The van der Waals surface area contributed by atoms with Gasteiger partial charge in [0.15, 0.2) is 0 Å². The highest BCUT2D eigenvalue weighted by Gasteiger charge is 2.34. The van der Waals surface area contributed by atoms with Crippen molar-refractivity contribution in [3.63, 3.8) is 0 Å². The lowest BCUT2D eigenvalue weighted by molar-refractivity contribution is -0.144. The SMILES string of the molecule is CCCCCC1CC(c2ccc(-c3ccc(OCCCC)cc3)cc2)OC1=O. The van der Waals surface area contributed by atoms with Crippen molar-refractivity contribution in [2.45, 2.75) is 64.9 Å². The van der Waals surface area contributed by atoms with Gasteiger partial charge in [-0.05, 0) is 41.7 Å². The van der Waals surface area contributed by atoms with Gasteiger partial charge in [0, 0.05) is 6.42 Å². The third kappa shape index (κ3) is 5.37. The van der Waals surface area contributed by atoms with Gasteiger partial charge in [0.05, 0.1) is 12.5 Å². The monoisotopic (exact) mass is 380 g/mol. The predicted molar refractivity (Wildman–Crippen MR) is 113 cm³/mol. The van der Waals surface area contributed by atoms with Gasteiger partial charge in [0.2, 0.25) is 0 Å². The van der Waals surface area contributed by atoms with Gasteiger partial charge in [-0.3, -0.25) is 4.79 Å². The van der Waals surface area contributed by atoms with E-state index in [4.69, 9.17) is 9.47 Å². The maximum absolute atomic E-state index is 12.1. The van der Waals surface area contributed by atoms with E-state index in [-0.39, 0.29) is 18.0 Å². The number of ether oxygens (including phenoxy) is 2. The minimum absolute atomic E-state index is 0.0242. The zero-order valence-electron chi connectivity index (χ0n) is 17.2. The number of esters is 1. The minimum atomic E-state index is -0.0949. The van der Waals surface area contributed by atoms with Crippen molar-refractivity contribution in [3.05, 3.63) is 54.1 Å². The Morgan fingerprint density at radius 1 is 0.893 bits per heavy atom. The molecular weight excluding hydrogens is 348 g/mol. The fraction of sp³-hybridized carbons (Fsp3) is 0.480. The topological polar surface area (TPSA) is 35.5 Å². The van der Waals surface area contributed by atoms with Crippen LogP contribution in [0.4, 0.5) is 0 Å². The molecule has 150 valence electrons. The fourth-order valence-electron chi connectivity index (χ4n) is 3.69. The summed E-state index contributed by atoms with van der Waals surface area (Å²) in [6, 6.07) is 16.6. The Kier molecular flexibility index (Phi) is 7.53. The first-order valence-electron chi connectivity index (χ1n) is 10.7. The van der Waals surface area contributed by atoms with Gasteiger partial charge < -0.3 is 9.47 Å². The molecule has 3 heteroatoms. The number of unbranched alkanes of at least 4 members (excludes halogenated alkanes) is 3. The third-order valence-electron chi connectivity index (χ3n) is 5.48. The molecule has 0 N–H and O–H groups in total. The number of carbonyl (C=O) groups excluding carboxylic acids is 1. The molecule has 0 amide bonds. The number of rotatable bonds is 10. The highest BCUT2D eigenvalue weighted by Crippen LogP contribution is 2.36. The lowest BCUT2D eigenvalue weighted by atomic mass is 9.94. The van der Waals surface area contributed by atoms with E-state index >= 15 is 0 Å². The fourth-order valence-corrected chi connectivity index (χ4v) is 3.69. The summed E-state index contributed by atoms with van der Waals surface area (Å²) in [5.41, 5.74) is 3.41. The van der Waals surface area contributed by atoms with Crippen LogP contribution in [-0.2, 0) is 9.53 Å². The lowest BCUT2D eigenvalue weighted by Crippen LogP contribution is -2.06. The van der Waals surface area contributed by atoms with Gasteiger partial charge in [-0.1, -0.05) is 75.9 Å². The first kappa shape index (κ1) is 20.4. The second-order valence-corrected chi connectivity index (χ2v) is 7.70. The number of hydrogen-bond acceptors (Lipinski definition) is 3. The summed E-state index contributed by atoms with van der Waals surface area (Å²) in [6.07, 6.45) is 7.36. The average molecular weight is 381 g/mol. The Bertz CT molecular complexity index is 733. The lowest BCUT2D eigenvalue weighted by Gasteiger charge is -2.11. The van der Waals surface area contributed by atoms with Crippen LogP contribution < -0.4 is 4.74 Å². The quantitative estimate of drug-likeness (QED) is 0.339. The van der Waals surface area contributed by atoms with Gasteiger partial charge >= 0.3 is 5.97 Å². The molecule has 1 aliphatic heterocycles. The largest absolute Gasteiger partial charge is 0.494 e. The summed E-state index contributed by atoms with van der Waals surface area (Å²) in [4.78, 5) is 12.1. The van der Waals surface area contributed by atoms with Crippen LogP contribution in [0.1, 0.15) is 70.5 Å². The Hall–Kier alpha value is -2.29. The average Bonchev–Trinajstić information content (AvgIpc) is 3.10. The maximum Gasteiger partial charge on any atom is 0.309 e. The molecule has 2 atom stereocenters. The molecule has 2 unspecified atom stereocenters. The summed E-state index contributed by atoms with van der Waals surface area (Å²) in [5, 5.41) is 0. The molecule has 0 saturated carbocycles. The minimum Gasteiger partial charge on any atom is -0.494 e. The molecule has 3 rings (SSSR count). The van der Waals surface area contributed by atoms with Crippen LogP contribution in [0.15, 0.2) is 48.5 Å². The summed E-state index contributed by atoms with van der Waals surface area (Å²) >= 11 is 0. The van der Waals surface area contributed by atoms with Crippen LogP contribution in [0.25, 0.3) is 11.1 Å². The summed E-state index contributed by atoms with van der Waals surface area (Å²) in [5.74, 6) is 0.959. The van der Waals surface area contributed by atoms with Crippen molar-refractivity contribution >= 4 is 5.97 Å². The van der Waals surface area contributed by atoms with Crippen LogP contribution >= 0.6 is 0 Å². The molecule has 1 heterocycles. The van der Waals surface area contributed by atoms with Crippen LogP contribution in [-0.4, -0.2) is 12.6 Å². The van der Waals surface area contributed by atoms with Crippen LogP contribution in [0, 0.1) is 5.92 Å². The molecule has 0 bridgehead atoms. The van der Waals surface area contributed by atoms with Gasteiger partial charge in [-0.15, -0.1) is 0 Å². The predicted octanol–water partition coefficient (Wildman–Crippen LogP) is 6.72. The van der Waals surface area contributed by atoms with E-state index in [2.05, 4.69) is 50.2 Å². The molecule has 3 nitrogen and oxygen atoms in total. The first-order valence-corrected chi connectivity index (χ1v) is 10.7. The molecule has 2 aromatic rings. The Balaban J connectivity index is 1.58. The van der Waals surface area contributed by atoms with Crippen molar-refractivity contribution in [1.29, 1.82) is 0 Å². The van der Waals surface area contributed by atoms with Crippen LogP contribution in [0.2, 0.25) is 0 Å². The van der Waals surface area contributed by atoms with Gasteiger partial charge in [0.25, 0.3) is 0 Å². The van der Waals surface area contributed by atoms with Crippen molar-refractivity contribution in [1.82, 2.24) is 0 Å². The second-order valence-electron chi connectivity index (χ2n) is 7.70. The summed E-state index contributed by atoms with van der Waals surface area (Å²) in [6.45, 7) is 5.11. The summed E-state index contributed by atoms with van der Waals surface area (Å²) in [7, 11) is 0. The molecule has 1 fully saturated rings. The zero-order valence-corrected chi connectivity index (χ0v) is 17.2. The van der Waals surface area contributed by atoms with E-state index in [1.165, 1.54) is 12.8 Å². The maximum atomic E-state index is 12.1.